The van der Waals surface area contributed by atoms with Gasteiger partial charge in [0, 0.05) is 17.4 Å². The summed E-state index contributed by atoms with van der Waals surface area (Å²) in [6.45, 7) is 4.51. The summed E-state index contributed by atoms with van der Waals surface area (Å²) in [5.74, 6) is -0.775. The van der Waals surface area contributed by atoms with Gasteiger partial charge in [0.1, 0.15) is 0 Å². The van der Waals surface area contributed by atoms with Gasteiger partial charge in [-0.2, -0.15) is 0 Å². The molecule has 16 heavy (non-hydrogen) atoms. The van der Waals surface area contributed by atoms with Crippen LogP contribution in [0.15, 0.2) is 22.6 Å². The van der Waals surface area contributed by atoms with Gasteiger partial charge < -0.3 is 0 Å². The number of hydrogen-bond acceptors (Lipinski definition) is 4. The molecule has 0 saturated carbocycles. The zero-order valence-electron chi connectivity index (χ0n) is 9.30. The van der Waals surface area contributed by atoms with E-state index in [1.165, 1.54) is 26.0 Å². The van der Waals surface area contributed by atoms with Gasteiger partial charge in [-0.25, -0.2) is 13.6 Å². The molecule has 0 heterocycles. The highest BCUT2D eigenvalue weighted by Crippen LogP contribution is 2.38. The summed E-state index contributed by atoms with van der Waals surface area (Å²) in [7, 11) is -3.89. The van der Waals surface area contributed by atoms with Crippen LogP contribution < -0.4 is 5.14 Å². The number of nitrogens with zero attached hydrogens (tertiary/aromatic N) is 1. The SMILES string of the molecule is CC1=CC=C(S(N)(=O)=O)C(C)C1(C)[N+](=O)[O-]. The van der Waals surface area contributed by atoms with E-state index in [-0.39, 0.29) is 4.91 Å². The van der Waals surface area contributed by atoms with Crippen molar-refractivity contribution in [2.75, 3.05) is 0 Å². The highest BCUT2D eigenvalue weighted by atomic mass is 32.2. The van der Waals surface area contributed by atoms with E-state index in [2.05, 4.69) is 0 Å². The lowest BCUT2D eigenvalue weighted by Crippen LogP contribution is -2.46. The van der Waals surface area contributed by atoms with Gasteiger partial charge in [0.15, 0.2) is 0 Å². The molecule has 0 aromatic heterocycles. The molecule has 0 fully saturated rings. The van der Waals surface area contributed by atoms with Gasteiger partial charge in [-0.05, 0) is 13.0 Å². The molecule has 2 atom stereocenters. The molecule has 0 spiro atoms. The lowest BCUT2D eigenvalue weighted by atomic mass is 9.78. The molecule has 2 unspecified atom stereocenters. The molecule has 90 valence electrons. The molecular weight excluding hydrogens is 232 g/mol. The Labute approximate surface area is 94.0 Å². The van der Waals surface area contributed by atoms with E-state index >= 15 is 0 Å². The second kappa shape index (κ2) is 3.67. The molecule has 0 aromatic rings. The molecule has 1 aliphatic carbocycles. The predicted octanol–water partition coefficient (Wildman–Crippen LogP) is 0.790. The minimum atomic E-state index is -3.89. The van der Waals surface area contributed by atoms with Crippen LogP contribution in [0.2, 0.25) is 0 Å². The second-order valence-corrected chi connectivity index (χ2v) is 5.65. The van der Waals surface area contributed by atoms with E-state index in [9.17, 15) is 18.5 Å². The Morgan fingerprint density at radius 2 is 2.00 bits per heavy atom. The zero-order valence-corrected chi connectivity index (χ0v) is 10.1. The lowest BCUT2D eigenvalue weighted by Gasteiger charge is -2.31. The Morgan fingerprint density at radius 3 is 2.38 bits per heavy atom. The molecule has 0 aromatic carbocycles. The molecule has 6 nitrogen and oxygen atoms in total. The smallest absolute Gasteiger partial charge is 0.247 e. The first-order valence-electron chi connectivity index (χ1n) is 4.68. The lowest BCUT2D eigenvalue weighted by molar-refractivity contribution is -0.561. The summed E-state index contributed by atoms with van der Waals surface area (Å²) < 4.78 is 22.5. The van der Waals surface area contributed by atoms with Gasteiger partial charge in [0.2, 0.25) is 15.6 Å². The first-order chi connectivity index (χ1) is 7.11. The molecule has 0 amide bonds. The summed E-state index contributed by atoms with van der Waals surface area (Å²) in [4.78, 5) is 10.5. The number of nitrogens with two attached hydrogens (primary N) is 1. The van der Waals surface area contributed by atoms with E-state index in [0.717, 1.165) is 0 Å². The van der Waals surface area contributed by atoms with Crippen LogP contribution in [0.3, 0.4) is 0 Å². The molecule has 0 bridgehead atoms. The number of sulfonamides is 1. The molecule has 0 aliphatic heterocycles. The summed E-state index contributed by atoms with van der Waals surface area (Å²) in [5.41, 5.74) is -0.909. The van der Waals surface area contributed by atoms with Crippen LogP contribution >= 0.6 is 0 Å². The van der Waals surface area contributed by atoms with Crippen molar-refractivity contribution >= 4 is 10.0 Å². The Hall–Kier alpha value is -1.21. The largest absolute Gasteiger partial charge is 0.264 e. The fourth-order valence-electron chi connectivity index (χ4n) is 1.78. The average Bonchev–Trinajstić information content (AvgIpc) is 2.11. The monoisotopic (exact) mass is 246 g/mol. The fraction of sp³-hybridized carbons (Fsp3) is 0.556. The first kappa shape index (κ1) is 12.9. The van der Waals surface area contributed by atoms with Gasteiger partial charge in [-0.1, -0.05) is 13.0 Å². The standard InChI is InChI=1S/C9H14N2O4S/c1-6-4-5-8(16(10,14)15)7(2)9(6,3)11(12)13/h4-5,7H,1-3H3,(H2,10,14,15). The minimum Gasteiger partial charge on any atom is -0.264 e. The van der Waals surface area contributed by atoms with Crippen molar-refractivity contribution in [3.05, 3.63) is 32.7 Å². The summed E-state index contributed by atoms with van der Waals surface area (Å²) >= 11 is 0. The molecule has 7 heteroatoms. The van der Waals surface area contributed by atoms with Gasteiger partial charge in [-0.3, -0.25) is 10.1 Å². The maximum Gasteiger partial charge on any atom is 0.247 e. The number of hydrogen-bond donors (Lipinski definition) is 1. The van der Waals surface area contributed by atoms with E-state index in [4.69, 9.17) is 5.14 Å². The summed E-state index contributed by atoms with van der Waals surface area (Å²) in [5, 5.41) is 16.1. The van der Waals surface area contributed by atoms with Crippen LogP contribution in [-0.2, 0) is 10.0 Å². The summed E-state index contributed by atoms with van der Waals surface area (Å²) in [6, 6.07) is 0. The van der Waals surface area contributed by atoms with Crippen LogP contribution in [0.4, 0.5) is 0 Å². The third kappa shape index (κ3) is 1.76. The fourth-order valence-corrected chi connectivity index (χ4v) is 2.76. The van der Waals surface area contributed by atoms with Crippen molar-refractivity contribution in [3.8, 4) is 0 Å². The zero-order chi connectivity index (χ0) is 12.7. The molecule has 2 N–H and O–H groups in total. The Morgan fingerprint density at radius 1 is 1.50 bits per heavy atom. The topological polar surface area (TPSA) is 103 Å². The molecule has 0 saturated heterocycles. The van der Waals surface area contributed by atoms with E-state index in [1.54, 1.807) is 6.92 Å². The highest BCUT2D eigenvalue weighted by molar-refractivity contribution is 7.93. The van der Waals surface area contributed by atoms with Gasteiger partial charge in [0.25, 0.3) is 0 Å². The minimum absolute atomic E-state index is 0.0997. The van der Waals surface area contributed by atoms with Gasteiger partial charge in [0.05, 0.1) is 10.8 Å². The Kier molecular flexibility index (Phi) is 2.95. The quantitative estimate of drug-likeness (QED) is 0.574. The third-order valence-corrected chi connectivity index (χ3v) is 4.42. The van der Waals surface area contributed by atoms with E-state index in [0.29, 0.717) is 5.57 Å². The van der Waals surface area contributed by atoms with Crippen LogP contribution in [-0.4, -0.2) is 18.9 Å². The van der Waals surface area contributed by atoms with Crippen molar-refractivity contribution in [2.24, 2.45) is 11.1 Å². The highest BCUT2D eigenvalue weighted by Gasteiger charge is 2.50. The Bertz CT molecular complexity index is 492. The third-order valence-electron chi connectivity index (χ3n) is 3.27. The number of rotatable bonds is 2. The predicted molar refractivity (Wildman–Crippen MR) is 59.5 cm³/mol. The normalized spacial score (nSPS) is 30.6. The second-order valence-electron chi connectivity index (χ2n) is 4.09. The van der Waals surface area contributed by atoms with Gasteiger partial charge in [-0.15, -0.1) is 0 Å². The Balaban J connectivity index is 3.40. The maximum atomic E-state index is 11.3. The number of primary sulfonamides is 1. The maximum absolute atomic E-state index is 11.3. The van der Waals surface area contributed by atoms with Crippen LogP contribution in [0.5, 0.6) is 0 Å². The van der Waals surface area contributed by atoms with Crippen LogP contribution in [0.25, 0.3) is 0 Å². The average molecular weight is 246 g/mol. The molecule has 0 radical (unpaired) electrons. The number of allylic oxidation sites excluding steroid dienone is 2. The van der Waals surface area contributed by atoms with Gasteiger partial charge >= 0.3 is 0 Å². The van der Waals surface area contributed by atoms with Crippen molar-refractivity contribution in [3.63, 3.8) is 0 Å². The number of nitro groups is 1. The van der Waals surface area contributed by atoms with Crippen molar-refractivity contribution in [2.45, 2.75) is 26.3 Å². The molecule has 1 rings (SSSR count). The van der Waals surface area contributed by atoms with Crippen LogP contribution in [0, 0.1) is 16.0 Å². The van der Waals surface area contributed by atoms with E-state index < -0.39 is 26.4 Å². The van der Waals surface area contributed by atoms with Crippen molar-refractivity contribution < 1.29 is 13.3 Å². The van der Waals surface area contributed by atoms with E-state index in [1.807, 2.05) is 0 Å². The van der Waals surface area contributed by atoms with Crippen molar-refractivity contribution in [1.29, 1.82) is 0 Å². The van der Waals surface area contributed by atoms with Crippen LogP contribution in [0.1, 0.15) is 20.8 Å². The molecular formula is C9H14N2O4S. The summed E-state index contributed by atoms with van der Waals surface area (Å²) in [6.07, 6.45) is 2.77. The molecule has 1 aliphatic rings. The first-order valence-corrected chi connectivity index (χ1v) is 6.22. The van der Waals surface area contributed by atoms with Crippen molar-refractivity contribution in [1.82, 2.24) is 0 Å².